The van der Waals surface area contributed by atoms with Crippen molar-refractivity contribution in [1.29, 1.82) is 0 Å². The Hall–Kier alpha value is -12.9. The maximum Gasteiger partial charge on any atom is 0.0731 e. The zero-order valence-electron chi connectivity index (χ0n) is 57.4. The zero-order valence-corrected chi connectivity index (χ0v) is 59.0. The zero-order chi connectivity index (χ0) is 69.6. The van der Waals surface area contributed by atoms with Crippen LogP contribution < -0.4 is 10.2 Å². The number of benzene rings is 18. The van der Waals surface area contributed by atoms with Gasteiger partial charge in [-0.1, -0.05) is 344 Å². The summed E-state index contributed by atoms with van der Waals surface area (Å²) in [5.74, 6) is 0. The van der Waals surface area contributed by atoms with Crippen LogP contribution in [0.4, 0.5) is 28.4 Å². The molecule has 0 unspecified atom stereocenters. The topological polar surface area (TPSA) is 15.3 Å². The highest BCUT2D eigenvalue weighted by Crippen LogP contribution is 2.66. The van der Waals surface area contributed by atoms with Gasteiger partial charge in [-0.3, -0.25) is 0 Å². The second-order valence-corrected chi connectivity index (χ2v) is 28.8. The van der Waals surface area contributed by atoms with Crippen LogP contribution in [0.1, 0.15) is 44.5 Å². The highest BCUT2D eigenvalue weighted by molar-refractivity contribution is 9.10. The van der Waals surface area contributed by atoms with Gasteiger partial charge in [0.1, 0.15) is 0 Å². The summed E-state index contributed by atoms with van der Waals surface area (Å²) in [4.78, 5) is 2.37. The van der Waals surface area contributed by atoms with Crippen LogP contribution in [0.5, 0.6) is 0 Å². The van der Waals surface area contributed by atoms with E-state index in [2.05, 4.69) is 408 Å². The number of halogens is 1. The van der Waals surface area contributed by atoms with Crippen molar-refractivity contribution in [3.05, 3.63) is 449 Å². The van der Waals surface area contributed by atoms with Crippen molar-refractivity contribution in [3.63, 3.8) is 0 Å². The predicted octanol–water partition coefficient (Wildman–Crippen LogP) is 27.7. The van der Waals surface area contributed by atoms with Crippen LogP contribution in [-0.4, -0.2) is 0 Å². The molecular weight excluding hydrogens is 1330 g/mol. The van der Waals surface area contributed by atoms with Crippen LogP contribution in [0.2, 0.25) is 0 Å². The first-order valence-electron chi connectivity index (χ1n) is 36.2. The molecule has 0 radical (unpaired) electrons. The minimum absolute atomic E-state index is 0.343. The summed E-state index contributed by atoms with van der Waals surface area (Å²) in [7, 11) is 0. The third kappa shape index (κ3) is 9.84. The fourth-order valence-corrected chi connectivity index (χ4v) is 18.3. The molecule has 0 fully saturated rings. The van der Waals surface area contributed by atoms with Crippen LogP contribution in [0, 0.1) is 0 Å². The predicted molar refractivity (Wildman–Crippen MR) is 445 cm³/mol. The molecule has 0 aromatic heterocycles. The molecule has 22 rings (SSSR count). The van der Waals surface area contributed by atoms with Gasteiger partial charge < -0.3 is 10.2 Å². The van der Waals surface area contributed by atoms with Crippen LogP contribution in [0.25, 0.3) is 110 Å². The lowest BCUT2D eigenvalue weighted by Gasteiger charge is -2.31. The maximum atomic E-state index is 3.59. The molecule has 105 heavy (non-hydrogen) atoms. The van der Waals surface area contributed by atoms with Crippen LogP contribution >= 0.6 is 15.9 Å². The van der Waals surface area contributed by atoms with Gasteiger partial charge in [-0.05, 0) is 216 Å². The normalized spacial score (nSPS) is 13.0. The fraction of sp³-hybridized carbons (Fsp3) is 0.0196. The molecule has 0 atom stereocenters. The molecule has 0 heterocycles. The number of rotatable bonds is 7. The Labute approximate surface area is 620 Å². The second kappa shape index (κ2) is 25.3. The molecular formula is C102H67BrN2. The third-order valence-electron chi connectivity index (χ3n) is 22.4. The van der Waals surface area contributed by atoms with Gasteiger partial charge in [0.2, 0.25) is 0 Å². The number of hydrogen-bond acceptors (Lipinski definition) is 2. The van der Waals surface area contributed by atoms with Crippen molar-refractivity contribution < 1.29 is 0 Å². The van der Waals surface area contributed by atoms with E-state index in [0.717, 1.165) is 27.2 Å². The molecule has 0 amide bonds. The first-order valence-corrected chi connectivity index (χ1v) is 37.0. The molecule has 2 nitrogen and oxygen atoms in total. The minimum Gasteiger partial charge on any atom is -0.355 e. The fourth-order valence-electron chi connectivity index (χ4n) is 18.1. The summed E-state index contributed by atoms with van der Waals surface area (Å²) in [5.41, 5.74) is 31.6. The molecule has 0 saturated carbocycles. The lowest BCUT2D eigenvalue weighted by atomic mass is 9.69. The van der Waals surface area contributed by atoms with E-state index in [9.17, 15) is 0 Å². The van der Waals surface area contributed by atoms with Crippen molar-refractivity contribution in [1.82, 2.24) is 0 Å². The summed E-state index contributed by atoms with van der Waals surface area (Å²) in [6.45, 7) is 0. The average molecular weight is 1400 g/mol. The molecule has 18 aromatic carbocycles. The van der Waals surface area contributed by atoms with Gasteiger partial charge in [0.25, 0.3) is 0 Å². The standard InChI is InChI=1S/C51H33N.C35H21Br.C16H13N/c1-2-16-38(17-3-1)52(49-24-12-15-35-13-4-6-18-40(35)49)39-29-25-34(26-30-39)37-28-31-44-45-32-27-36-14-5-7-19-41(36)50(45)51(48(44)33-37)46-22-10-8-20-42(46)43-21-9-11-23-47(43)51;36-25-17-13-22(14-18-25)24-16-19-29-30-20-15-23-7-1-2-8-26(23)34(30)35(33(29)21-24)31-11-5-3-9-27(31)28-10-4-6-12-32(28)35;1-2-9-14(10-3-1)17-16-12-6-8-13-7-4-5-11-15(13)16/h1-33H;1-21H;1-12,17H. The Morgan fingerprint density at radius 1 is 0.229 bits per heavy atom. The molecule has 1 N–H and O–H groups in total. The second-order valence-electron chi connectivity index (χ2n) is 27.9. The summed E-state index contributed by atoms with van der Waals surface area (Å²) in [6.07, 6.45) is 0. The lowest BCUT2D eigenvalue weighted by Crippen LogP contribution is -2.26. The van der Waals surface area contributed by atoms with Gasteiger partial charge in [0.15, 0.2) is 0 Å². The highest BCUT2D eigenvalue weighted by Gasteiger charge is 2.54. The number of hydrogen-bond donors (Lipinski definition) is 1. The molecule has 0 aliphatic heterocycles. The first kappa shape index (κ1) is 61.9. The van der Waals surface area contributed by atoms with E-state index in [1.54, 1.807) is 0 Å². The lowest BCUT2D eigenvalue weighted by molar-refractivity contribution is 0.801. The van der Waals surface area contributed by atoms with Crippen LogP contribution in [0.3, 0.4) is 0 Å². The van der Waals surface area contributed by atoms with E-state index in [-0.39, 0.29) is 5.41 Å². The number of nitrogens with one attached hydrogen (secondary N) is 1. The number of fused-ring (bicyclic) bond motifs is 26. The summed E-state index contributed by atoms with van der Waals surface area (Å²) < 4.78 is 1.10. The van der Waals surface area contributed by atoms with Crippen molar-refractivity contribution in [3.8, 4) is 66.8 Å². The van der Waals surface area contributed by atoms with E-state index in [1.807, 2.05) is 18.2 Å². The first-order chi connectivity index (χ1) is 52.0. The van der Waals surface area contributed by atoms with E-state index < -0.39 is 5.41 Å². The molecule has 2 spiro atoms. The molecule has 0 saturated heterocycles. The molecule has 492 valence electrons. The number of anilines is 5. The third-order valence-corrected chi connectivity index (χ3v) is 23.0. The Morgan fingerprint density at radius 2 is 0.571 bits per heavy atom. The molecule has 3 heteroatoms. The van der Waals surface area contributed by atoms with Gasteiger partial charge in [-0.15, -0.1) is 0 Å². The van der Waals surface area contributed by atoms with Gasteiger partial charge in [0, 0.05) is 38.0 Å². The van der Waals surface area contributed by atoms with Crippen molar-refractivity contribution >= 4 is 87.5 Å². The Morgan fingerprint density at radius 3 is 1.07 bits per heavy atom. The van der Waals surface area contributed by atoms with Crippen LogP contribution in [0.15, 0.2) is 405 Å². The Bertz CT molecular complexity index is 6350. The van der Waals surface area contributed by atoms with Crippen molar-refractivity contribution in [2.24, 2.45) is 0 Å². The van der Waals surface area contributed by atoms with Gasteiger partial charge in [-0.2, -0.15) is 0 Å². The van der Waals surface area contributed by atoms with E-state index in [1.165, 1.54) is 160 Å². The van der Waals surface area contributed by atoms with E-state index >= 15 is 0 Å². The number of para-hydroxylation sites is 2. The molecule has 0 bridgehead atoms. The van der Waals surface area contributed by atoms with Crippen LogP contribution in [-0.2, 0) is 10.8 Å². The molecule has 18 aromatic rings. The van der Waals surface area contributed by atoms with E-state index in [0.29, 0.717) is 0 Å². The van der Waals surface area contributed by atoms with Gasteiger partial charge in [0.05, 0.1) is 16.5 Å². The summed E-state index contributed by atoms with van der Waals surface area (Å²) in [5, 5.41) is 13.6. The monoisotopic (exact) mass is 1400 g/mol. The highest BCUT2D eigenvalue weighted by atomic mass is 79.9. The maximum absolute atomic E-state index is 3.59. The average Bonchev–Trinajstić information content (AvgIpc) is 1.51. The smallest absolute Gasteiger partial charge is 0.0731 e. The quantitative estimate of drug-likeness (QED) is 0.171. The Balaban J connectivity index is 0.000000119. The molecule has 4 aliphatic rings. The van der Waals surface area contributed by atoms with Gasteiger partial charge >= 0.3 is 0 Å². The number of nitrogens with zero attached hydrogens (tertiary/aromatic N) is 1. The molecule has 4 aliphatic carbocycles. The summed E-state index contributed by atoms with van der Waals surface area (Å²) >= 11 is 3.59. The van der Waals surface area contributed by atoms with E-state index in [4.69, 9.17) is 0 Å². The van der Waals surface area contributed by atoms with Crippen molar-refractivity contribution in [2.45, 2.75) is 10.8 Å². The summed E-state index contributed by atoms with van der Waals surface area (Å²) in [6, 6.07) is 146. The van der Waals surface area contributed by atoms with Crippen molar-refractivity contribution in [2.75, 3.05) is 10.2 Å². The minimum atomic E-state index is -0.410. The van der Waals surface area contributed by atoms with Gasteiger partial charge in [-0.25, -0.2) is 0 Å². The Kier molecular flexibility index (Phi) is 14.9. The largest absolute Gasteiger partial charge is 0.355 e. The SMILES string of the molecule is Brc1ccc(-c2ccc3c(c2)C2(c4ccccc4-c4ccccc42)c2c-3ccc3ccccc23)cc1.c1ccc(N(c2ccc(-c3ccc4c(c3)C3(c5ccccc5-c5ccccc53)c3c-4ccc4ccccc34)cc2)c2cccc3ccccc23)cc1.c1ccc(Nc2cccc3ccccc23)cc1.